The second-order valence-corrected chi connectivity index (χ2v) is 6.89. The van der Waals surface area contributed by atoms with E-state index in [0.717, 1.165) is 19.4 Å². The van der Waals surface area contributed by atoms with Gasteiger partial charge in [0, 0.05) is 12.6 Å². The van der Waals surface area contributed by atoms with Crippen LogP contribution in [0.25, 0.3) is 11.1 Å². The molecule has 7 nitrogen and oxygen atoms in total. The van der Waals surface area contributed by atoms with Crippen molar-refractivity contribution in [3.63, 3.8) is 0 Å². The number of nitrogens with zero attached hydrogens (tertiary/aromatic N) is 2. The molecule has 3 heterocycles. The number of aromatic nitrogens is 2. The third-order valence-corrected chi connectivity index (χ3v) is 5.13. The van der Waals surface area contributed by atoms with Crippen LogP contribution in [0.5, 0.6) is 0 Å². The van der Waals surface area contributed by atoms with E-state index in [1.807, 2.05) is 6.92 Å². The summed E-state index contributed by atoms with van der Waals surface area (Å²) in [5.74, 6) is 0. The molecule has 3 rings (SSSR count). The topological polar surface area (TPSA) is 97.1 Å². The summed E-state index contributed by atoms with van der Waals surface area (Å²) in [7, 11) is -3.58. The van der Waals surface area contributed by atoms with Crippen LogP contribution in [0.2, 0.25) is 0 Å². The van der Waals surface area contributed by atoms with Crippen LogP contribution in [-0.4, -0.2) is 37.7 Å². The van der Waals surface area contributed by atoms with Gasteiger partial charge in [-0.15, -0.1) is 12.4 Å². The van der Waals surface area contributed by atoms with Gasteiger partial charge in [0.05, 0.1) is 17.3 Å². The Morgan fingerprint density at radius 2 is 2.32 bits per heavy atom. The van der Waals surface area contributed by atoms with Gasteiger partial charge < -0.3 is 9.84 Å². The molecule has 9 heteroatoms. The van der Waals surface area contributed by atoms with Crippen LogP contribution in [0.4, 0.5) is 0 Å². The fraction of sp³-hybridized carbons (Fsp3) is 0.538. The van der Waals surface area contributed by atoms with Gasteiger partial charge in [0.15, 0.2) is 0 Å². The van der Waals surface area contributed by atoms with Crippen LogP contribution in [0.15, 0.2) is 21.7 Å². The van der Waals surface area contributed by atoms with E-state index < -0.39 is 10.0 Å². The van der Waals surface area contributed by atoms with E-state index >= 15 is 0 Å². The highest BCUT2D eigenvalue weighted by atomic mass is 35.5. The van der Waals surface area contributed by atoms with Crippen molar-refractivity contribution < 1.29 is 12.9 Å². The predicted octanol–water partition coefficient (Wildman–Crippen LogP) is 1.24. The minimum absolute atomic E-state index is 0. The molecular formula is C13H19ClN4O3S. The minimum Gasteiger partial charge on any atom is -0.336 e. The summed E-state index contributed by atoms with van der Waals surface area (Å²) in [4.78, 5) is 4.20. The molecule has 1 aliphatic heterocycles. The number of sulfonamides is 1. The maximum Gasteiger partial charge on any atom is 0.258 e. The Bertz CT molecular complexity index is 741. The standard InChI is InChI=1S/C13H18N4O3S.ClH/c1-2-12-11-6-10(8-15-13(11)20-16-12)21(18,19)17-9-4-3-5-14-7-9;/h6,8-9,14,17H,2-5,7H2,1H3;1H/t9-;/m0./s1. The van der Waals surface area contributed by atoms with Crippen LogP contribution in [0.3, 0.4) is 0 Å². The van der Waals surface area contributed by atoms with E-state index in [9.17, 15) is 8.42 Å². The lowest BCUT2D eigenvalue weighted by atomic mass is 10.1. The van der Waals surface area contributed by atoms with Crippen LogP contribution in [0, 0.1) is 0 Å². The maximum absolute atomic E-state index is 12.4. The van der Waals surface area contributed by atoms with Gasteiger partial charge in [-0.3, -0.25) is 0 Å². The van der Waals surface area contributed by atoms with Crippen molar-refractivity contribution in [3.05, 3.63) is 18.0 Å². The van der Waals surface area contributed by atoms with E-state index in [2.05, 4.69) is 20.2 Å². The molecule has 0 aliphatic carbocycles. The molecule has 0 bridgehead atoms. The van der Waals surface area contributed by atoms with Crippen LogP contribution >= 0.6 is 12.4 Å². The molecule has 2 aromatic rings. The number of pyridine rings is 1. The third-order valence-electron chi connectivity index (χ3n) is 3.64. The largest absolute Gasteiger partial charge is 0.336 e. The van der Waals surface area contributed by atoms with Crippen LogP contribution < -0.4 is 10.0 Å². The van der Waals surface area contributed by atoms with Crippen molar-refractivity contribution >= 4 is 33.5 Å². The van der Waals surface area contributed by atoms with E-state index in [1.54, 1.807) is 6.07 Å². The van der Waals surface area contributed by atoms with Crippen molar-refractivity contribution in [3.8, 4) is 0 Å². The summed E-state index contributed by atoms with van der Waals surface area (Å²) in [6.45, 7) is 3.53. The molecule has 2 aromatic heterocycles. The first-order valence-electron chi connectivity index (χ1n) is 7.07. The zero-order valence-electron chi connectivity index (χ0n) is 12.2. The molecule has 0 radical (unpaired) electrons. The van der Waals surface area contributed by atoms with Gasteiger partial charge >= 0.3 is 0 Å². The lowest BCUT2D eigenvalue weighted by Crippen LogP contribution is -2.45. The summed E-state index contributed by atoms with van der Waals surface area (Å²) in [6.07, 6.45) is 3.79. The molecule has 1 saturated heterocycles. The Morgan fingerprint density at radius 3 is 3.00 bits per heavy atom. The number of piperidine rings is 1. The smallest absolute Gasteiger partial charge is 0.258 e. The number of fused-ring (bicyclic) bond motifs is 1. The summed E-state index contributed by atoms with van der Waals surface area (Å²) in [5, 5.41) is 7.73. The van der Waals surface area contributed by atoms with Crippen molar-refractivity contribution in [1.29, 1.82) is 0 Å². The van der Waals surface area contributed by atoms with E-state index in [0.29, 0.717) is 29.8 Å². The third kappa shape index (κ3) is 3.40. The highest BCUT2D eigenvalue weighted by molar-refractivity contribution is 7.89. The number of hydrogen-bond donors (Lipinski definition) is 2. The average Bonchev–Trinajstić information content (AvgIpc) is 2.90. The number of halogens is 1. The van der Waals surface area contributed by atoms with Crippen molar-refractivity contribution in [2.24, 2.45) is 0 Å². The Balaban J connectivity index is 0.00000176. The quantitative estimate of drug-likeness (QED) is 0.864. The number of hydrogen-bond acceptors (Lipinski definition) is 6. The van der Waals surface area contributed by atoms with Crippen molar-refractivity contribution in [2.75, 3.05) is 13.1 Å². The molecule has 2 N–H and O–H groups in total. The molecule has 1 atom stereocenters. The fourth-order valence-corrected chi connectivity index (χ4v) is 3.74. The zero-order valence-corrected chi connectivity index (χ0v) is 13.8. The van der Waals surface area contributed by atoms with Crippen LogP contribution in [-0.2, 0) is 16.4 Å². The van der Waals surface area contributed by atoms with E-state index in [1.165, 1.54) is 6.20 Å². The first-order valence-corrected chi connectivity index (χ1v) is 8.56. The monoisotopic (exact) mass is 346 g/mol. The Morgan fingerprint density at radius 1 is 1.50 bits per heavy atom. The first-order chi connectivity index (χ1) is 10.1. The van der Waals surface area contributed by atoms with E-state index in [-0.39, 0.29) is 23.3 Å². The Labute approximate surface area is 135 Å². The maximum atomic E-state index is 12.4. The normalized spacial score (nSPS) is 19.0. The van der Waals surface area contributed by atoms with Gasteiger partial charge in [-0.25, -0.2) is 18.1 Å². The summed E-state index contributed by atoms with van der Waals surface area (Å²) in [5.41, 5.74) is 1.08. The molecule has 22 heavy (non-hydrogen) atoms. The second-order valence-electron chi connectivity index (χ2n) is 5.17. The lowest BCUT2D eigenvalue weighted by molar-refractivity contribution is 0.428. The van der Waals surface area contributed by atoms with Gasteiger partial charge in [-0.2, -0.15) is 0 Å². The van der Waals surface area contributed by atoms with Crippen molar-refractivity contribution in [1.82, 2.24) is 20.2 Å². The van der Waals surface area contributed by atoms with E-state index in [4.69, 9.17) is 4.52 Å². The molecule has 0 amide bonds. The van der Waals surface area contributed by atoms with Crippen molar-refractivity contribution in [2.45, 2.75) is 37.1 Å². The van der Waals surface area contributed by atoms with Crippen LogP contribution in [0.1, 0.15) is 25.5 Å². The average molecular weight is 347 g/mol. The molecule has 0 saturated carbocycles. The molecule has 0 unspecified atom stereocenters. The molecule has 0 aromatic carbocycles. The summed E-state index contributed by atoms with van der Waals surface area (Å²) < 4.78 is 32.7. The molecular weight excluding hydrogens is 328 g/mol. The number of rotatable bonds is 4. The van der Waals surface area contributed by atoms with Gasteiger partial charge in [-0.05, 0) is 31.9 Å². The van der Waals surface area contributed by atoms with Gasteiger partial charge in [0.25, 0.3) is 5.71 Å². The van der Waals surface area contributed by atoms with Gasteiger partial charge in [0.1, 0.15) is 4.90 Å². The minimum atomic E-state index is -3.58. The zero-order chi connectivity index (χ0) is 14.9. The van der Waals surface area contributed by atoms with Gasteiger partial charge in [-0.1, -0.05) is 12.1 Å². The highest BCUT2D eigenvalue weighted by Gasteiger charge is 2.23. The molecule has 0 spiro atoms. The lowest BCUT2D eigenvalue weighted by Gasteiger charge is -2.23. The number of aryl methyl sites for hydroxylation is 1. The summed E-state index contributed by atoms with van der Waals surface area (Å²) in [6, 6.07) is 1.50. The molecule has 1 fully saturated rings. The second kappa shape index (κ2) is 6.91. The highest BCUT2D eigenvalue weighted by Crippen LogP contribution is 2.21. The Kier molecular flexibility index (Phi) is 5.38. The predicted molar refractivity (Wildman–Crippen MR) is 84.6 cm³/mol. The molecule has 1 aliphatic rings. The Hall–Kier alpha value is -1.22. The SMILES string of the molecule is CCc1noc2ncc(S(=O)(=O)N[C@H]3CCCNC3)cc12.Cl. The fourth-order valence-electron chi connectivity index (χ4n) is 2.50. The van der Waals surface area contributed by atoms with Gasteiger partial charge in [0.2, 0.25) is 10.0 Å². The summed E-state index contributed by atoms with van der Waals surface area (Å²) >= 11 is 0. The molecule has 122 valence electrons. The first kappa shape index (κ1) is 17.1. The number of nitrogens with one attached hydrogen (secondary N) is 2.